The Labute approximate surface area is 167 Å². The van der Waals surface area contributed by atoms with Crippen LogP contribution in [-0.4, -0.2) is 55.2 Å². The number of rotatable bonds is 1. The molecule has 1 aromatic carbocycles. The number of ether oxygens (including phenoxy) is 1. The van der Waals surface area contributed by atoms with Crippen molar-refractivity contribution in [1.29, 1.82) is 0 Å². The summed E-state index contributed by atoms with van der Waals surface area (Å²) < 4.78 is 5.74. The minimum absolute atomic E-state index is 0.0961. The van der Waals surface area contributed by atoms with E-state index >= 15 is 0 Å². The van der Waals surface area contributed by atoms with Crippen LogP contribution < -0.4 is 19.8 Å². The first-order valence-corrected chi connectivity index (χ1v) is 10.3. The summed E-state index contributed by atoms with van der Waals surface area (Å²) in [6, 6.07) is 10.3. The zero-order valence-electron chi connectivity index (χ0n) is 16.3. The van der Waals surface area contributed by atoms with Gasteiger partial charge in [0, 0.05) is 37.3 Å². The highest BCUT2D eigenvalue weighted by Gasteiger charge is 2.54. The fourth-order valence-corrected chi connectivity index (χ4v) is 4.62. The van der Waals surface area contributed by atoms with Crippen LogP contribution in [-0.2, 0) is 0 Å². The van der Waals surface area contributed by atoms with E-state index < -0.39 is 0 Å². The number of pyridine rings is 1. The van der Waals surface area contributed by atoms with Gasteiger partial charge in [-0.1, -0.05) is 6.07 Å². The van der Waals surface area contributed by atoms with Gasteiger partial charge in [-0.3, -0.25) is 4.90 Å². The van der Waals surface area contributed by atoms with Crippen LogP contribution in [0.4, 0.5) is 16.3 Å². The average molecular weight is 396 g/mol. The number of amides is 2. The Hall–Kier alpha value is -2.33. The summed E-state index contributed by atoms with van der Waals surface area (Å²) in [5, 5.41) is 1.14. The summed E-state index contributed by atoms with van der Waals surface area (Å²) in [7, 11) is 2.72. The van der Waals surface area contributed by atoms with Crippen molar-refractivity contribution >= 4 is 32.1 Å². The fraction of sp³-hybridized carbons (Fsp3) is 0.429. The SMILES string of the molecule is Cc1ccc2c(c1)OCCN2C(=O)N1CC2(C1)CN(c1ccc(P)c(C)n1)C2. The van der Waals surface area contributed by atoms with Crippen LogP contribution in [0.2, 0.25) is 0 Å². The lowest BCUT2D eigenvalue weighted by atomic mass is 9.73. The number of carbonyl (C=O) groups is 1. The van der Waals surface area contributed by atoms with Gasteiger partial charge in [0.2, 0.25) is 0 Å². The van der Waals surface area contributed by atoms with Gasteiger partial charge in [-0.2, -0.15) is 0 Å². The van der Waals surface area contributed by atoms with E-state index in [1.54, 1.807) is 0 Å². The Morgan fingerprint density at radius 2 is 1.93 bits per heavy atom. The maximum absolute atomic E-state index is 13.1. The Morgan fingerprint density at radius 1 is 1.14 bits per heavy atom. The van der Waals surface area contributed by atoms with Gasteiger partial charge in [0.1, 0.15) is 18.2 Å². The number of aryl methyl sites for hydroxylation is 2. The summed E-state index contributed by atoms with van der Waals surface area (Å²) in [6.07, 6.45) is 0. The molecule has 3 aliphatic rings. The lowest BCUT2D eigenvalue weighted by Crippen LogP contribution is -2.74. The molecule has 6 nitrogen and oxygen atoms in total. The molecule has 2 amide bonds. The van der Waals surface area contributed by atoms with E-state index in [0.717, 1.165) is 60.0 Å². The number of anilines is 2. The molecule has 0 aliphatic carbocycles. The van der Waals surface area contributed by atoms with Crippen LogP contribution in [0.15, 0.2) is 30.3 Å². The minimum Gasteiger partial charge on any atom is -0.490 e. The summed E-state index contributed by atoms with van der Waals surface area (Å²) in [4.78, 5) is 23.9. The molecule has 2 saturated heterocycles. The highest BCUT2D eigenvalue weighted by atomic mass is 31.0. The molecule has 1 atom stereocenters. The van der Waals surface area contributed by atoms with Crippen molar-refractivity contribution in [2.45, 2.75) is 13.8 Å². The van der Waals surface area contributed by atoms with Crippen molar-refractivity contribution in [3.05, 3.63) is 41.6 Å². The third-order valence-corrected chi connectivity index (χ3v) is 6.63. The number of hydrogen-bond acceptors (Lipinski definition) is 4. The zero-order chi connectivity index (χ0) is 19.5. The van der Waals surface area contributed by atoms with Crippen LogP contribution in [0.5, 0.6) is 5.75 Å². The summed E-state index contributed by atoms with van der Waals surface area (Å²) in [5.41, 5.74) is 3.31. The zero-order valence-corrected chi connectivity index (χ0v) is 17.5. The number of fused-ring (bicyclic) bond motifs is 1. The lowest BCUT2D eigenvalue weighted by molar-refractivity contribution is 0.00928. The summed E-state index contributed by atoms with van der Waals surface area (Å²) in [6.45, 7) is 8.81. The minimum atomic E-state index is 0.0961. The highest BCUT2D eigenvalue weighted by Crippen LogP contribution is 2.43. The van der Waals surface area contributed by atoms with Crippen molar-refractivity contribution in [2.75, 3.05) is 49.1 Å². The van der Waals surface area contributed by atoms with E-state index in [9.17, 15) is 4.79 Å². The van der Waals surface area contributed by atoms with Crippen LogP contribution in [0.25, 0.3) is 0 Å². The quantitative estimate of drug-likeness (QED) is 0.695. The third-order valence-electron chi connectivity index (χ3n) is 6.02. The topological polar surface area (TPSA) is 48.9 Å². The van der Waals surface area contributed by atoms with Crippen molar-refractivity contribution in [1.82, 2.24) is 9.88 Å². The van der Waals surface area contributed by atoms with E-state index in [4.69, 9.17) is 4.74 Å². The Bertz CT molecular complexity index is 949. The van der Waals surface area contributed by atoms with Gasteiger partial charge in [-0.15, -0.1) is 9.24 Å². The monoisotopic (exact) mass is 396 g/mol. The van der Waals surface area contributed by atoms with Gasteiger partial charge < -0.3 is 14.5 Å². The Balaban J connectivity index is 1.22. The molecule has 0 N–H and O–H groups in total. The number of carbonyl (C=O) groups excluding carboxylic acids is 1. The van der Waals surface area contributed by atoms with Gasteiger partial charge >= 0.3 is 6.03 Å². The predicted octanol–water partition coefficient (Wildman–Crippen LogP) is 2.34. The first kappa shape index (κ1) is 17.7. The van der Waals surface area contributed by atoms with Crippen molar-refractivity contribution in [3.63, 3.8) is 0 Å². The van der Waals surface area contributed by atoms with Crippen molar-refractivity contribution < 1.29 is 9.53 Å². The van der Waals surface area contributed by atoms with Gasteiger partial charge in [0.15, 0.2) is 0 Å². The predicted molar refractivity (Wildman–Crippen MR) is 114 cm³/mol. The summed E-state index contributed by atoms with van der Waals surface area (Å²) in [5.74, 6) is 1.85. The smallest absolute Gasteiger partial charge is 0.324 e. The standard InChI is InChI=1S/C21H25N4O2P/c1-14-3-4-16-17(9-14)27-8-7-25(16)20(26)24-12-21(13-24)10-23(11-21)19-6-5-18(28)15(2)22-19/h3-6,9H,7-8,10-13,28H2,1-2H3. The number of urea groups is 1. The fourth-order valence-electron chi connectivity index (χ4n) is 4.46. The molecular weight excluding hydrogens is 371 g/mol. The molecule has 1 aromatic heterocycles. The van der Waals surface area contributed by atoms with Gasteiger partial charge in [-0.05, 0) is 49.0 Å². The highest BCUT2D eigenvalue weighted by molar-refractivity contribution is 7.27. The van der Waals surface area contributed by atoms with Crippen LogP contribution >= 0.6 is 9.24 Å². The molecule has 7 heteroatoms. The van der Waals surface area contributed by atoms with Crippen molar-refractivity contribution in [2.24, 2.45) is 5.41 Å². The number of nitrogens with zero attached hydrogens (tertiary/aromatic N) is 4. The molecule has 5 rings (SSSR count). The second-order valence-electron chi connectivity index (χ2n) is 8.31. The maximum atomic E-state index is 13.1. The molecule has 1 unspecified atom stereocenters. The van der Waals surface area contributed by atoms with Crippen LogP contribution in [0.3, 0.4) is 0 Å². The molecule has 2 fully saturated rings. The Morgan fingerprint density at radius 3 is 2.68 bits per heavy atom. The number of likely N-dealkylation sites (tertiary alicyclic amines) is 1. The van der Waals surface area contributed by atoms with Gasteiger partial charge in [-0.25, -0.2) is 9.78 Å². The molecule has 28 heavy (non-hydrogen) atoms. The third kappa shape index (κ3) is 2.82. The lowest BCUT2D eigenvalue weighted by Gasteiger charge is -2.60. The average Bonchev–Trinajstić information content (AvgIpc) is 2.61. The van der Waals surface area contributed by atoms with E-state index in [2.05, 4.69) is 31.3 Å². The molecular formula is C21H25N4O2P. The number of hydrogen-bond donors (Lipinski definition) is 0. The molecule has 0 radical (unpaired) electrons. The first-order valence-electron chi connectivity index (χ1n) is 9.72. The van der Waals surface area contributed by atoms with Gasteiger partial charge in [0.05, 0.1) is 12.2 Å². The van der Waals surface area contributed by atoms with E-state index in [1.807, 2.05) is 41.8 Å². The number of benzene rings is 1. The normalized spacial score (nSPS) is 19.6. The summed E-state index contributed by atoms with van der Waals surface area (Å²) >= 11 is 0. The Kier molecular flexibility index (Phi) is 4.02. The largest absolute Gasteiger partial charge is 0.490 e. The van der Waals surface area contributed by atoms with Gasteiger partial charge in [0.25, 0.3) is 0 Å². The van der Waals surface area contributed by atoms with E-state index in [0.29, 0.717) is 13.2 Å². The van der Waals surface area contributed by atoms with Crippen LogP contribution in [0.1, 0.15) is 11.3 Å². The second-order valence-corrected chi connectivity index (χ2v) is 8.93. The molecule has 2 aromatic rings. The molecule has 146 valence electrons. The van der Waals surface area contributed by atoms with E-state index in [-0.39, 0.29) is 11.4 Å². The molecule has 1 spiro atoms. The number of aromatic nitrogens is 1. The maximum Gasteiger partial charge on any atom is 0.324 e. The second kappa shape index (κ2) is 6.35. The molecule has 4 heterocycles. The molecule has 0 saturated carbocycles. The van der Waals surface area contributed by atoms with Crippen LogP contribution in [0, 0.1) is 19.3 Å². The first-order chi connectivity index (χ1) is 13.4. The molecule has 3 aliphatic heterocycles. The molecule has 0 bridgehead atoms. The van der Waals surface area contributed by atoms with Crippen molar-refractivity contribution in [3.8, 4) is 5.75 Å². The van der Waals surface area contributed by atoms with E-state index in [1.165, 1.54) is 0 Å².